The van der Waals surface area contributed by atoms with Gasteiger partial charge in [-0.15, -0.1) is 0 Å². The average molecular weight is 241 g/mol. The third-order valence-electron chi connectivity index (χ3n) is 2.66. The molecule has 5 nitrogen and oxygen atoms in total. The van der Waals surface area contributed by atoms with Gasteiger partial charge in [-0.2, -0.15) is 0 Å². The van der Waals surface area contributed by atoms with Crippen molar-refractivity contribution in [2.45, 2.75) is 0 Å². The van der Waals surface area contributed by atoms with E-state index in [1.54, 1.807) is 7.11 Å². The van der Waals surface area contributed by atoms with Crippen molar-refractivity contribution >= 4 is 22.4 Å². The van der Waals surface area contributed by atoms with Crippen molar-refractivity contribution in [3.8, 4) is 5.75 Å². The van der Waals surface area contributed by atoms with Crippen LogP contribution in [0, 0.1) is 0 Å². The number of nitrogens with zero attached hydrogens (tertiary/aromatic N) is 2. The van der Waals surface area contributed by atoms with Gasteiger partial charge in [-0.25, -0.2) is 4.63 Å². The lowest BCUT2D eigenvalue weighted by Gasteiger charge is -2.10. The van der Waals surface area contributed by atoms with Crippen LogP contribution in [0.5, 0.6) is 5.75 Å². The summed E-state index contributed by atoms with van der Waals surface area (Å²) in [6.07, 6.45) is 0. The van der Waals surface area contributed by atoms with Crippen molar-refractivity contribution in [3.63, 3.8) is 0 Å². The molecule has 1 aromatic heterocycles. The SMILES string of the molecule is COc1ccccc1Nc1cccc2nonc12. The van der Waals surface area contributed by atoms with Crippen LogP contribution in [0.3, 0.4) is 0 Å². The van der Waals surface area contributed by atoms with Crippen molar-refractivity contribution in [1.29, 1.82) is 0 Å². The number of hydrogen-bond acceptors (Lipinski definition) is 5. The second kappa shape index (κ2) is 4.37. The lowest BCUT2D eigenvalue weighted by Crippen LogP contribution is -1.94. The second-order valence-corrected chi connectivity index (χ2v) is 3.76. The molecule has 0 amide bonds. The van der Waals surface area contributed by atoms with Gasteiger partial charge in [-0.3, -0.25) is 0 Å². The smallest absolute Gasteiger partial charge is 0.158 e. The van der Waals surface area contributed by atoms with Crippen LogP contribution in [0.25, 0.3) is 11.0 Å². The van der Waals surface area contributed by atoms with E-state index in [1.165, 1.54) is 0 Å². The van der Waals surface area contributed by atoms with Gasteiger partial charge in [0.25, 0.3) is 0 Å². The third kappa shape index (κ3) is 1.75. The summed E-state index contributed by atoms with van der Waals surface area (Å²) >= 11 is 0. The van der Waals surface area contributed by atoms with Crippen LogP contribution in [-0.4, -0.2) is 17.4 Å². The molecule has 5 heteroatoms. The topological polar surface area (TPSA) is 60.2 Å². The zero-order chi connectivity index (χ0) is 12.4. The Labute approximate surface area is 103 Å². The highest BCUT2D eigenvalue weighted by atomic mass is 16.6. The molecule has 0 saturated heterocycles. The van der Waals surface area contributed by atoms with Crippen LogP contribution in [0.4, 0.5) is 11.4 Å². The van der Waals surface area contributed by atoms with Crippen LogP contribution in [0.2, 0.25) is 0 Å². The number of para-hydroxylation sites is 2. The summed E-state index contributed by atoms with van der Waals surface area (Å²) in [6, 6.07) is 13.3. The molecule has 3 aromatic rings. The minimum absolute atomic E-state index is 0.698. The lowest BCUT2D eigenvalue weighted by atomic mass is 10.2. The first-order valence-corrected chi connectivity index (χ1v) is 5.50. The van der Waals surface area contributed by atoms with Gasteiger partial charge in [0, 0.05) is 0 Å². The maximum Gasteiger partial charge on any atom is 0.158 e. The lowest BCUT2D eigenvalue weighted by molar-refractivity contribution is 0.315. The van der Waals surface area contributed by atoms with Gasteiger partial charge in [-0.05, 0) is 34.6 Å². The molecule has 0 spiro atoms. The summed E-state index contributed by atoms with van der Waals surface area (Å²) in [4.78, 5) is 0. The molecule has 2 aromatic carbocycles. The van der Waals surface area contributed by atoms with E-state index in [4.69, 9.17) is 9.37 Å². The Bertz CT molecular complexity index is 679. The molecule has 0 saturated carbocycles. The number of aromatic nitrogens is 2. The first-order valence-electron chi connectivity index (χ1n) is 5.50. The van der Waals surface area contributed by atoms with Crippen molar-refractivity contribution in [2.24, 2.45) is 0 Å². The highest BCUT2D eigenvalue weighted by molar-refractivity contribution is 5.89. The van der Waals surface area contributed by atoms with E-state index in [9.17, 15) is 0 Å². The number of methoxy groups -OCH3 is 1. The van der Waals surface area contributed by atoms with Crippen molar-refractivity contribution in [2.75, 3.05) is 12.4 Å². The molecule has 0 bridgehead atoms. The largest absolute Gasteiger partial charge is 0.495 e. The number of benzene rings is 2. The molecule has 0 atom stereocenters. The molecule has 0 aliphatic carbocycles. The maximum absolute atomic E-state index is 5.29. The highest BCUT2D eigenvalue weighted by Crippen LogP contribution is 2.29. The second-order valence-electron chi connectivity index (χ2n) is 3.76. The van der Waals surface area contributed by atoms with Crippen molar-refractivity contribution < 1.29 is 9.37 Å². The average Bonchev–Trinajstić information content (AvgIpc) is 2.89. The number of fused-ring (bicyclic) bond motifs is 1. The monoisotopic (exact) mass is 241 g/mol. The summed E-state index contributed by atoms with van der Waals surface area (Å²) in [6.45, 7) is 0. The Hall–Kier alpha value is -2.56. The Morgan fingerprint density at radius 2 is 1.83 bits per heavy atom. The van der Waals surface area contributed by atoms with E-state index in [1.807, 2.05) is 42.5 Å². The van der Waals surface area contributed by atoms with Gasteiger partial charge in [0.05, 0.1) is 18.5 Å². The molecule has 90 valence electrons. The minimum Gasteiger partial charge on any atom is -0.495 e. The molecule has 3 rings (SSSR count). The predicted molar refractivity (Wildman–Crippen MR) is 68.1 cm³/mol. The Morgan fingerprint density at radius 3 is 2.72 bits per heavy atom. The van der Waals surface area contributed by atoms with E-state index in [2.05, 4.69) is 15.6 Å². The van der Waals surface area contributed by atoms with Gasteiger partial charge in [0.1, 0.15) is 11.3 Å². The van der Waals surface area contributed by atoms with Gasteiger partial charge < -0.3 is 10.1 Å². The molecule has 0 radical (unpaired) electrons. The number of ether oxygens (including phenoxy) is 1. The highest BCUT2D eigenvalue weighted by Gasteiger charge is 2.08. The van der Waals surface area contributed by atoms with Gasteiger partial charge in [0.15, 0.2) is 5.52 Å². The standard InChI is InChI=1S/C13H11N3O2/c1-17-12-8-3-2-5-9(12)14-10-6-4-7-11-13(10)16-18-15-11/h2-8,14H,1H3. The Kier molecular flexibility index (Phi) is 2.57. The summed E-state index contributed by atoms with van der Waals surface area (Å²) in [5.74, 6) is 0.769. The van der Waals surface area contributed by atoms with Crippen LogP contribution in [0.15, 0.2) is 47.1 Å². The van der Waals surface area contributed by atoms with Crippen LogP contribution >= 0.6 is 0 Å². The third-order valence-corrected chi connectivity index (χ3v) is 2.66. The van der Waals surface area contributed by atoms with Gasteiger partial charge >= 0.3 is 0 Å². The number of anilines is 2. The van der Waals surface area contributed by atoms with E-state index >= 15 is 0 Å². The van der Waals surface area contributed by atoms with E-state index in [0.29, 0.717) is 5.52 Å². The van der Waals surface area contributed by atoms with Crippen LogP contribution in [-0.2, 0) is 0 Å². The first kappa shape index (κ1) is 10.6. The first-order chi connectivity index (χ1) is 8.88. The minimum atomic E-state index is 0.698. The van der Waals surface area contributed by atoms with E-state index < -0.39 is 0 Å². The molecule has 18 heavy (non-hydrogen) atoms. The molecule has 0 unspecified atom stereocenters. The van der Waals surface area contributed by atoms with Crippen molar-refractivity contribution in [3.05, 3.63) is 42.5 Å². The molecular formula is C13H11N3O2. The van der Waals surface area contributed by atoms with Crippen LogP contribution in [0.1, 0.15) is 0 Å². The molecule has 0 aliphatic heterocycles. The van der Waals surface area contributed by atoms with Gasteiger partial charge in [0.2, 0.25) is 0 Å². The summed E-state index contributed by atoms with van der Waals surface area (Å²) in [5, 5.41) is 11.0. The number of hydrogen-bond donors (Lipinski definition) is 1. The van der Waals surface area contributed by atoms with E-state index in [-0.39, 0.29) is 0 Å². The molecule has 0 fully saturated rings. The zero-order valence-corrected chi connectivity index (χ0v) is 9.75. The summed E-state index contributed by atoms with van der Waals surface area (Å²) in [5.41, 5.74) is 3.12. The Morgan fingerprint density at radius 1 is 1.00 bits per heavy atom. The predicted octanol–water partition coefficient (Wildman–Crippen LogP) is 2.98. The maximum atomic E-state index is 5.29. The van der Waals surface area contributed by atoms with E-state index in [0.717, 1.165) is 22.6 Å². The molecule has 1 N–H and O–H groups in total. The fourth-order valence-electron chi connectivity index (χ4n) is 1.80. The quantitative estimate of drug-likeness (QED) is 0.763. The summed E-state index contributed by atoms with van der Waals surface area (Å²) in [7, 11) is 1.64. The zero-order valence-electron chi connectivity index (χ0n) is 9.75. The molecular weight excluding hydrogens is 230 g/mol. The fraction of sp³-hybridized carbons (Fsp3) is 0.0769. The molecule has 0 aliphatic rings. The number of nitrogens with one attached hydrogen (secondary N) is 1. The number of rotatable bonds is 3. The fourth-order valence-corrected chi connectivity index (χ4v) is 1.80. The normalized spacial score (nSPS) is 10.5. The van der Waals surface area contributed by atoms with Gasteiger partial charge in [-0.1, -0.05) is 18.2 Å². The Balaban J connectivity index is 2.04. The summed E-state index contributed by atoms with van der Waals surface area (Å²) < 4.78 is 10.0. The molecule has 1 heterocycles. The van der Waals surface area contributed by atoms with Crippen molar-refractivity contribution in [1.82, 2.24) is 10.3 Å². The van der Waals surface area contributed by atoms with Crippen LogP contribution < -0.4 is 10.1 Å².